The highest BCUT2D eigenvalue weighted by atomic mass is 16.2. The predicted molar refractivity (Wildman–Crippen MR) is 74.3 cm³/mol. The molecule has 1 fully saturated rings. The number of H-pyrrole nitrogens is 1. The third-order valence-corrected chi connectivity index (χ3v) is 3.64. The maximum Gasteiger partial charge on any atom is 0.254 e. The van der Waals surface area contributed by atoms with Gasteiger partial charge in [0.2, 0.25) is 5.56 Å². The number of piperidine rings is 1. The van der Waals surface area contributed by atoms with Gasteiger partial charge in [-0.2, -0.15) is 0 Å². The first kappa shape index (κ1) is 13.8. The summed E-state index contributed by atoms with van der Waals surface area (Å²) in [7, 11) is 1.92. The van der Waals surface area contributed by atoms with Crippen LogP contribution in [0.4, 0.5) is 0 Å². The van der Waals surface area contributed by atoms with Gasteiger partial charge in [-0.25, -0.2) is 0 Å². The average Bonchev–Trinajstić information content (AvgIpc) is 2.44. The molecule has 2 N–H and O–H groups in total. The molecule has 0 bridgehead atoms. The van der Waals surface area contributed by atoms with Crippen LogP contribution in [0.5, 0.6) is 0 Å². The number of pyridine rings is 1. The van der Waals surface area contributed by atoms with E-state index in [1.165, 1.54) is 18.7 Å². The number of carbonyl (C=O) groups excluding carboxylic acids is 1. The molecule has 1 amide bonds. The van der Waals surface area contributed by atoms with Crippen molar-refractivity contribution in [2.75, 3.05) is 20.1 Å². The molecular formula is C14H21N3O2. The summed E-state index contributed by atoms with van der Waals surface area (Å²) in [5.74, 6) is -0.0214. The Labute approximate surface area is 113 Å². The van der Waals surface area contributed by atoms with Crippen LogP contribution in [0, 0.1) is 0 Å². The van der Waals surface area contributed by atoms with Crippen LogP contribution in [0.1, 0.15) is 36.0 Å². The molecule has 5 nitrogen and oxygen atoms in total. The van der Waals surface area contributed by atoms with Crippen LogP contribution in [0.25, 0.3) is 0 Å². The van der Waals surface area contributed by atoms with Crippen LogP contribution in [0.3, 0.4) is 0 Å². The van der Waals surface area contributed by atoms with E-state index in [4.69, 9.17) is 0 Å². The molecule has 1 atom stereocenters. The Kier molecular flexibility index (Phi) is 4.74. The molecule has 0 aliphatic carbocycles. The number of hydrogen-bond acceptors (Lipinski definition) is 3. The fourth-order valence-corrected chi connectivity index (χ4v) is 2.62. The zero-order valence-electron chi connectivity index (χ0n) is 11.3. The van der Waals surface area contributed by atoms with Gasteiger partial charge in [-0.3, -0.25) is 9.59 Å². The third kappa shape index (κ3) is 3.44. The number of carbonyl (C=O) groups is 1. The second-order valence-corrected chi connectivity index (χ2v) is 4.98. The summed E-state index contributed by atoms with van der Waals surface area (Å²) in [4.78, 5) is 28.2. The van der Waals surface area contributed by atoms with Crippen LogP contribution in [-0.2, 0) is 0 Å². The second-order valence-electron chi connectivity index (χ2n) is 4.98. The fourth-order valence-electron chi connectivity index (χ4n) is 2.62. The molecule has 2 heterocycles. The van der Waals surface area contributed by atoms with Crippen molar-refractivity contribution in [3.63, 3.8) is 0 Å². The van der Waals surface area contributed by atoms with E-state index in [1.54, 1.807) is 6.07 Å². The largest absolute Gasteiger partial charge is 0.336 e. The summed E-state index contributed by atoms with van der Waals surface area (Å²) in [5.41, 5.74) is 0.259. The van der Waals surface area contributed by atoms with Crippen molar-refractivity contribution in [3.05, 3.63) is 34.2 Å². The van der Waals surface area contributed by atoms with Gasteiger partial charge >= 0.3 is 0 Å². The number of hydrogen-bond donors (Lipinski definition) is 2. The van der Waals surface area contributed by atoms with Crippen LogP contribution >= 0.6 is 0 Å². The van der Waals surface area contributed by atoms with Crippen LogP contribution < -0.4 is 10.9 Å². The molecule has 0 spiro atoms. The quantitative estimate of drug-likeness (QED) is 0.851. The molecule has 1 unspecified atom stereocenters. The number of nitrogens with one attached hydrogen (secondary N) is 2. The molecule has 1 aliphatic rings. The monoisotopic (exact) mass is 263 g/mol. The SMILES string of the molecule is CNCCC1CCCCN1C(=O)c1cc[nH]c(=O)c1. The van der Waals surface area contributed by atoms with Crippen LogP contribution in [0.2, 0.25) is 0 Å². The van der Waals surface area contributed by atoms with Gasteiger partial charge in [0.05, 0.1) is 0 Å². The highest BCUT2D eigenvalue weighted by Gasteiger charge is 2.26. The Morgan fingerprint density at radius 1 is 1.53 bits per heavy atom. The van der Waals surface area contributed by atoms with E-state index >= 15 is 0 Å². The van der Waals surface area contributed by atoms with E-state index in [0.717, 1.165) is 32.4 Å². The first-order chi connectivity index (χ1) is 9.22. The van der Waals surface area contributed by atoms with Crippen LogP contribution in [0.15, 0.2) is 23.1 Å². The maximum absolute atomic E-state index is 12.5. The minimum Gasteiger partial charge on any atom is -0.336 e. The van der Waals surface area contributed by atoms with E-state index < -0.39 is 0 Å². The number of nitrogens with zero attached hydrogens (tertiary/aromatic N) is 1. The van der Waals surface area contributed by atoms with Crippen molar-refractivity contribution in [2.45, 2.75) is 31.7 Å². The number of amides is 1. The molecule has 0 saturated carbocycles. The fraction of sp³-hybridized carbons (Fsp3) is 0.571. The first-order valence-corrected chi connectivity index (χ1v) is 6.86. The van der Waals surface area contributed by atoms with Gasteiger partial charge in [-0.1, -0.05) is 0 Å². The lowest BCUT2D eigenvalue weighted by atomic mass is 9.98. The molecule has 2 rings (SSSR count). The van der Waals surface area contributed by atoms with Crippen LogP contribution in [-0.4, -0.2) is 42.0 Å². The van der Waals surface area contributed by atoms with E-state index in [2.05, 4.69) is 10.3 Å². The summed E-state index contributed by atoms with van der Waals surface area (Å²) < 4.78 is 0. The molecular weight excluding hydrogens is 242 g/mol. The average molecular weight is 263 g/mol. The lowest BCUT2D eigenvalue weighted by molar-refractivity contribution is 0.0602. The second kappa shape index (κ2) is 6.52. The van der Waals surface area contributed by atoms with Gasteiger partial charge in [-0.15, -0.1) is 0 Å². The lowest BCUT2D eigenvalue weighted by Gasteiger charge is -2.36. The number of rotatable bonds is 4. The Hall–Kier alpha value is -1.62. The predicted octanol–water partition coefficient (Wildman–Crippen LogP) is 0.979. The summed E-state index contributed by atoms with van der Waals surface area (Å²) in [5, 5.41) is 3.13. The summed E-state index contributed by atoms with van der Waals surface area (Å²) in [6, 6.07) is 3.34. The van der Waals surface area contributed by atoms with Gasteiger partial charge in [0, 0.05) is 30.4 Å². The molecule has 1 saturated heterocycles. The van der Waals surface area contributed by atoms with Crippen molar-refractivity contribution in [3.8, 4) is 0 Å². The van der Waals surface area contributed by atoms with Gasteiger partial charge in [0.1, 0.15) is 0 Å². The molecule has 104 valence electrons. The zero-order chi connectivity index (χ0) is 13.7. The molecule has 5 heteroatoms. The van der Waals surface area contributed by atoms with Crippen molar-refractivity contribution in [2.24, 2.45) is 0 Å². The maximum atomic E-state index is 12.5. The first-order valence-electron chi connectivity index (χ1n) is 6.86. The Bertz CT molecular complexity index is 484. The van der Waals surface area contributed by atoms with Crippen molar-refractivity contribution < 1.29 is 4.79 Å². The topological polar surface area (TPSA) is 65.2 Å². The molecule has 1 aromatic heterocycles. The molecule has 0 aromatic carbocycles. The van der Waals surface area contributed by atoms with Gasteiger partial charge < -0.3 is 15.2 Å². The lowest BCUT2D eigenvalue weighted by Crippen LogP contribution is -2.45. The van der Waals surface area contributed by atoms with Gasteiger partial charge in [0.25, 0.3) is 5.91 Å². The molecule has 19 heavy (non-hydrogen) atoms. The minimum absolute atomic E-state index is 0.0214. The summed E-state index contributed by atoms with van der Waals surface area (Å²) in [6.07, 6.45) is 5.77. The highest BCUT2D eigenvalue weighted by Crippen LogP contribution is 2.21. The molecule has 0 radical (unpaired) electrons. The Morgan fingerprint density at radius 2 is 2.37 bits per heavy atom. The van der Waals surface area contributed by atoms with Crippen molar-refractivity contribution in [1.29, 1.82) is 0 Å². The molecule has 1 aliphatic heterocycles. The van der Waals surface area contributed by atoms with E-state index in [1.807, 2.05) is 11.9 Å². The number of aromatic nitrogens is 1. The highest BCUT2D eigenvalue weighted by molar-refractivity contribution is 5.94. The summed E-state index contributed by atoms with van der Waals surface area (Å²) in [6.45, 7) is 1.70. The standard InChI is InChI=1S/C14H21N3O2/c1-15-7-6-12-4-2-3-9-17(12)14(19)11-5-8-16-13(18)10-11/h5,8,10,12,15H,2-4,6-7,9H2,1H3,(H,16,18). The van der Waals surface area contributed by atoms with Gasteiger partial charge in [-0.05, 0) is 45.3 Å². The van der Waals surface area contributed by atoms with E-state index in [9.17, 15) is 9.59 Å². The minimum atomic E-state index is -0.227. The Morgan fingerprint density at radius 3 is 3.11 bits per heavy atom. The third-order valence-electron chi connectivity index (χ3n) is 3.64. The van der Waals surface area contributed by atoms with Crippen molar-refractivity contribution >= 4 is 5.91 Å². The smallest absolute Gasteiger partial charge is 0.254 e. The zero-order valence-corrected chi connectivity index (χ0v) is 11.3. The van der Waals surface area contributed by atoms with E-state index in [-0.39, 0.29) is 17.5 Å². The number of aromatic amines is 1. The number of likely N-dealkylation sites (tertiary alicyclic amines) is 1. The van der Waals surface area contributed by atoms with Gasteiger partial charge in [0.15, 0.2) is 0 Å². The normalized spacial score (nSPS) is 19.4. The van der Waals surface area contributed by atoms with E-state index in [0.29, 0.717) is 5.56 Å². The Balaban J connectivity index is 2.13. The molecule has 1 aromatic rings. The van der Waals surface area contributed by atoms with Crippen molar-refractivity contribution in [1.82, 2.24) is 15.2 Å². The summed E-state index contributed by atoms with van der Waals surface area (Å²) >= 11 is 0.